The van der Waals surface area contributed by atoms with Crippen LogP contribution in [0, 0.1) is 11.3 Å². The smallest absolute Gasteiger partial charge is 0.388 e. The van der Waals surface area contributed by atoms with Gasteiger partial charge in [0.05, 0.1) is 18.2 Å². The van der Waals surface area contributed by atoms with Crippen LogP contribution in [-0.2, 0) is 11.8 Å². The third-order valence-electron chi connectivity index (χ3n) is 2.01. The predicted molar refractivity (Wildman–Crippen MR) is 57.8 cm³/mol. The fourth-order valence-electron chi connectivity index (χ4n) is 1.29. The van der Waals surface area contributed by atoms with E-state index >= 15 is 0 Å². The van der Waals surface area contributed by atoms with Crippen LogP contribution in [0.4, 0.5) is 22.0 Å². The molecule has 3 nitrogen and oxygen atoms in total. The van der Waals surface area contributed by atoms with Gasteiger partial charge < -0.3 is 4.74 Å². The molecule has 0 amide bonds. The Morgan fingerprint density at radius 2 is 2.05 bits per heavy atom. The Morgan fingerprint density at radius 1 is 1.42 bits per heavy atom. The van der Waals surface area contributed by atoms with Gasteiger partial charge in [-0.15, -0.1) is 13.2 Å². The van der Waals surface area contributed by atoms with E-state index in [2.05, 4.69) is 25.7 Å². The number of aromatic nitrogens is 1. The van der Waals surface area contributed by atoms with E-state index in [0.29, 0.717) is 0 Å². The summed E-state index contributed by atoms with van der Waals surface area (Å²) >= 11 is 2.87. The van der Waals surface area contributed by atoms with Crippen LogP contribution in [-0.4, -0.2) is 11.3 Å². The number of ether oxygens (including phenoxy) is 1. The number of hydrogen-bond acceptors (Lipinski definition) is 3. The van der Waals surface area contributed by atoms with Crippen LogP contribution < -0.4 is 4.74 Å². The first-order valence-corrected chi connectivity index (χ1v) is 5.90. The van der Waals surface area contributed by atoms with Crippen LogP contribution in [0.5, 0.6) is 5.88 Å². The molecule has 0 bridgehead atoms. The first-order valence-electron chi connectivity index (χ1n) is 4.78. The Bertz CT molecular complexity index is 498. The molecule has 0 spiro atoms. The molecule has 9 heteroatoms. The van der Waals surface area contributed by atoms with Gasteiger partial charge in [0.2, 0.25) is 5.88 Å². The highest BCUT2D eigenvalue weighted by molar-refractivity contribution is 9.08. The minimum absolute atomic E-state index is 0.141. The molecule has 0 N–H and O–H groups in total. The Labute approximate surface area is 113 Å². The summed E-state index contributed by atoms with van der Waals surface area (Å²) in [4.78, 5) is 3.37. The maximum atomic E-state index is 12.7. The zero-order valence-electron chi connectivity index (χ0n) is 9.14. The standard InChI is InChI=1S/C10H6BrF5N2O/c11-4-5-3-6(8(12)13)7(1-2-17)18-9(5)19-10(14,15)16/h3,8H,1,4H2. The maximum Gasteiger partial charge on any atom is 0.574 e. The SMILES string of the molecule is N#CCc1nc(OC(F)(F)F)c(CBr)cc1C(F)F. The molecule has 0 saturated heterocycles. The molecule has 0 radical (unpaired) electrons. The highest BCUT2D eigenvalue weighted by atomic mass is 79.9. The minimum Gasteiger partial charge on any atom is -0.388 e. The first kappa shape index (κ1) is 15.6. The van der Waals surface area contributed by atoms with Gasteiger partial charge in [0.25, 0.3) is 6.43 Å². The van der Waals surface area contributed by atoms with Gasteiger partial charge in [-0.2, -0.15) is 5.26 Å². The lowest BCUT2D eigenvalue weighted by Crippen LogP contribution is -2.19. The normalized spacial score (nSPS) is 11.5. The van der Waals surface area contributed by atoms with Crippen LogP contribution in [0.2, 0.25) is 0 Å². The van der Waals surface area contributed by atoms with Gasteiger partial charge in [0.1, 0.15) is 0 Å². The van der Waals surface area contributed by atoms with Gasteiger partial charge in [0.15, 0.2) is 0 Å². The molecule has 0 saturated carbocycles. The van der Waals surface area contributed by atoms with Crippen LogP contribution in [0.25, 0.3) is 0 Å². The topological polar surface area (TPSA) is 45.9 Å². The molecule has 0 aromatic carbocycles. The number of nitrogens with zero attached hydrogens (tertiary/aromatic N) is 2. The van der Waals surface area contributed by atoms with Crippen LogP contribution in [0.3, 0.4) is 0 Å². The van der Waals surface area contributed by atoms with Gasteiger partial charge in [0, 0.05) is 16.5 Å². The predicted octanol–water partition coefficient (Wildman–Crippen LogP) is 3.88. The molecule has 0 unspecified atom stereocenters. The number of alkyl halides is 6. The third-order valence-corrected chi connectivity index (χ3v) is 2.62. The molecule has 0 aliphatic carbocycles. The molecule has 1 aromatic heterocycles. The first-order chi connectivity index (χ1) is 8.78. The zero-order valence-corrected chi connectivity index (χ0v) is 10.7. The van der Waals surface area contributed by atoms with Gasteiger partial charge in [-0.05, 0) is 6.07 Å². The summed E-state index contributed by atoms with van der Waals surface area (Å²) in [7, 11) is 0. The molecule has 0 atom stereocenters. The van der Waals surface area contributed by atoms with Gasteiger partial charge in [-0.1, -0.05) is 15.9 Å². The van der Waals surface area contributed by atoms with Crippen molar-refractivity contribution in [2.75, 3.05) is 0 Å². The van der Waals surface area contributed by atoms with Crippen molar-refractivity contribution in [2.24, 2.45) is 0 Å². The van der Waals surface area contributed by atoms with Crippen LogP contribution in [0.15, 0.2) is 6.07 Å². The van der Waals surface area contributed by atoms with Crippen molar-refractivity contribution in [3.63, 3.8) is 0 Å². The monoisotopic (exact) mass is 344 g/mol. The molecule has 1 rings (SSSR count). The average Bonchev–Trinajstić information content (AvgIpc) is 2.27. The highest BCUT2D eigenvalue weighted by Crippen LogP contribution is 2.31. The Hall–Kier alpha value is -1.43. The Kier molecular flexibility index (Phi) is 5.05. The summed E-state index contributed by atoms with van der Waals surface area (Å²) in [6.07, 6.45) is -8.45. The minimum atomic E-state index is -4.99. The summed E-state index contributed by atoms with van der Waals surface area (Å²) in [6.45, 7) is 0. The lowest BCUT2D eigenvalue weighted by atomic mass is 10.1. The number of hydrogen-bond donors (Lipinski definition) is 0. The van der Waals surface area contributed by atoms with Crippen molar-refractivity contribution in [3.8, 4) is 11.9 Å². The number of rotatable bonds is 4. The fraction of sp³-hybridized carbons (Fsp3) is 0.400. The maximum absolute atomic E-state index is 12.7. The van der Waals surface area contributed by atoms with Crippen molar-refractivity contribution < 1.29 is 26.7 Å². The second kappa shape index (κ2) is 6.14. The second-order valence-corrected chi connectivity index (χ2v) is 3.87. The quantitative estimate of drug-likeness (QED) is 0.615. The molecule has 19 heavy (non-hydrogen) atoms. The number of halogens is 6. The van der Waals surface area contributed by atoms with Crippen molar-refractivity contribution in [1.29, 1.82) is 5.26 Å². The van der Waals surface area contributed by atoms with E-state index in [0.717, 1.165) is 6.07 Å². The van der Waals surface area contributed by atoms with Gasteiger partial charge in [-0.25, -0.2) is 13.8 Å². The number of pyridine rings is 1. The molecule has 1 aromatic rings. The molecule has 0 aliphatic rings. The second-order valence-electron chi connectivity index (χ2n) is 3.31. The van der Waals surface area contributed by atoms with Crippen molar-refractivity contribution >= 4 is 15.9 Å². The lowest BCUT2D eigenvalue weighted by molar-refractivity contribution is -0.276. The van der Waals surface area contributed by atoms with E-state index in [-0.39, 0.29) is 10.9 Å². The van der Waals surface area contributed by atoms with E-state index in [1.54, 1.807) is 6.07 Å². The molecular formula is C10H6BrF5N2O. The molecule has 0 fully saturated rings. The lowest BCUT2D eigenvalue weighted by Gasteiger charge is -2.14. The van der Waals surface area contributed by atoms with Crippen LogP contribution in [0.1, 0.15) is 23.2 Å². The van der Waals surface area contributed by atoms with E-state index in [4.69, 9.17) is 5.26 Å². The molecular weight excluding hydrogens is 339 g/mol. The Morgan fingerprint density at radius 3 is 2.47 bits per heavy atom. The molecule has 104 valence electrons. The zero-order chi connectivity index (χ0) is 14.6. The summed E-state index contributed by atoms with van der Waals surface area (Å²) in [5.74, 6) is -0.834. The van der Waals surface area contributed by atoms with Crippen molar-refractivity contribution in [1.82, 2.24) is 4.98 Å². The molecule has 0 aliphatic heterocycles. The van der Waals surface area contributed by atoms with Gasteiger partial charge >= 0.3 is 6.36 Å². The summed E-state index contributed by atoms with van der Waals surface area (Å²) < 4.78 is 65.5. The number of nitriles is 1. The van der Waals surface area contributed by atoms with Crippen LogP contribution >= 0.6 is 15.9 Å². The van der Waals surface area contributed by atoms with E-state index in [1.807, 2.05) is 0 Å². The van der Waals surface area contributed by atoms with E-state index in [1.165, 1.54) is 0 Å². The van der Waals surface area contributed by atoms with E-state index in [9.17, 15) is 22.0 Å². The largest absolute Gasteiger partial charge is 0.574 e. The van der Waals surface area contributed by atoms with E-state index < -0.39 is 36.3 Å². The Balaban J connectivity index is 3.31. The summed E-state index contributed by atoms with van der Waals surface area (Å²) in [6, 6.07) is 2.41. The molecule has 1 heterocycles. The average molecular weight is 345 g/mol. The van der Waals surface area contributed by atoms with Crippen molar-refractivity contribution in [2.45, 2.75) is 24.5 Å². The van der Waals surface area contributed by atoms with Crippen molar-refractivity contribution in [3.05, 3.63) is 22.9 Å². The summed E-state index contributed by atoms with van der Waals surface area (Å²) in [5, 5.41) is 8.33. The fourth-order valence-corrected chi connectivity index (χ4v) is 1.69. The summed E-state index contributed by atoms with van der Waals surface area (Å²) in [5.41, 5.74) is -1.18. The third kappa shape index (κ3) is 4.31. The highest BCUT2D eigenvalue weighted by Gasteiger charge is 2.33. The van der Waals surface area contributed by atoms with Gasteiger partial charge in [-0.3, -0.25) is 0 Å².